The summed E-state index contributed by atoms with van der Waals surface area (Å²) in [5, 5.41) is 0.528. The first-order chi connectivity index (χ1) is 16.3. The van der Waals surface area contributed by atoms with E-state index in [4.69, 9.17) is 4.74 Å². The molecule has 0 spiro atoms. The average Bonchev–Trinajstić information content (AvgIpc) is 3.24. The van der Waals surface area contributed by atoms with E-state index in [-0.39, 0.29) is 35.4 Å². The van der Waals surface area contributed by atoms with Gasteiger partial charge >= 0.3 is 0 Å². The molecule has 35 heavy (non-hydrogen) atoms. The second-order valence-corrected chi connectivity index (χ2v) is 10.8. The Bertz CT molecular complexity index is 1220. The molecule has 7 nitrogen and oxygen atoms in total. The van der Waals surface area contributed by atoms with E-state index < -0.39 is 15.7 Å². The number of nitrogens with zero attached hydrogens (tertiary/aromatic N) is 3. The standard InChI is InChI=1S/C24H30FN3O4S2.ClH/c1-4-27(5-2)14-15-28(24-26-21-12-9-19(32-6-3)17-22(21)33-24)23(29)13-16-34(30,31)20-10-7-18(25)8-11-20;/h7-12,17H,4-6,13-16H2,1-3H3;1H. The maximum atomic E-state index is 13.2. The molecule has 1 heterocycles. The predicted molar refractivity (Wildman–Crippen MR) is 141 cm³/mol. The molecule has 1 amide bonds. The van der Waals surface area contributed by atoms with Crippen LogP contribution in [0.4, 0.5) is 9.52 Å². The Morgan fingerprint density at radius 2 is 1.74 bits per heavy atom. The zero-order valence-corrected chi connectivity index (χ0v) is 22.5. The van der Waals surface area contributed by atoms with Crippen LogP contribution in [0.3, 0.4) is 0 Å². The normalized spacial score (nSPS) is 11.5. The zero-order chi connectivity index (χ0) is 24.7. The van der Waals surface area contributed by atoms with Crippen LogP contribution < -0.4 is 9.64 Å². The van der Waals surface area contributed by atoms with Crippen LogP contribution in [0.1, 0.15) is 27.2 Å². The summed E-state index contributed by atoms with van der Waals surface area (Å²) in [6.45, 7) is 9.29. The van der Waals surface area contributed by atoms with Gasteiger partial charge in [0.05, 0.1) is 27.5 Å². The molecule has 0 unspecified atom stereocenters. The highest BCUT2D eigenvalue weighted by atomic mass is 35.5. The van der Waals surface area contributed by atoms with Crippen molar-refractivity contribution in [3.63, 3.8) is 0 Å². The van der Waals surface area contributed by atoms with E-state index in [1.54, 1.807) is 4.90 Å². The lowest BCUT2D eigenvalue weighted by Crippen LogP contribution is -2.39. The Balaban J connectivity index is 0.00000432. The molecule has 0 radical (unpaired) electrons. The van der Waals surface area contributed by atoms with Gasteiger partial charge in [0.15, 0.2) is 15.0 Å². The Morgan fingerprint density at radius 1 is 1.06 bits per heavy atom. The van der Waals surface area contributed by atoms with Crippen molar-refractivity contribution in [3.05, 3.63) is 48.3 Å². The number of benzene rings is 2. The second kappa shape index (κ2) is 13.2. The number of rotatable bonds is 12. The molecule has 0 bridgehead atoms. The van der Waals surface area contributed by atoms with Crippen LogP contribution in [0.2, 0.25) is 0 Å². The third kappa shape index (κ3) is 7.60. The molecule has 0 N–H and O–H groups in total. The van der Waals surface area contributed by atoms with Gasteiger partial charge in [-0.15, -0.1) is 12.4 Å². The number of hydrogen-bond acceptors (Lipinski definition) is 7. The van der Waals surface area contributed by atoms with Gasteiger partial charge in [0.25, 0.3) is 0 Å². The van der Waals surface area contributed by atoms with Crippen molar-refractivity contribution >= 4 is 54.8 Å². The molecule has 0 saturated heterocycles. The Labute approximate surface area is 216 Å². The van der Waals surface area contributed by atoms with Crippen molar-refractivity contribution in [3.8, 4) is 5.75 Å². The fraction of sp³-hybridized carbons (Fsp3) is 0.417. The predicted octanol–water partition coefficient (Wildman–Crippen LogP) is 4.79. The maximum Gasteiger partial charge on any atom is 0.229 e. The first-order valence-corrected chi connectivity index (χ1v) is 13.8. The largest absolute Gasteiger partial charge is 0.494 e. The zero-order valence-electron chi connectivity index (χ0n) is 20.1. The van der Waals surface area contributed by atoms with E-state index in [1.165, 1.54) is 23.5 Å². The molecule has 1 aromatic heterocycles. The van der Waals surface area contributed by atoms with Gasteiger partial charge in [-0.1, -0.05) is 25.2 Å². The van der Waals surface area contributed by atoms with E-state index in [2.05, 4.69) is 23.7 Å². The molecule has 0 aliphatic carbocycles. The third-order valence-electron chi connectivity index (χ3n) is 5.48. The molecule has 3 rings (SSSR count). The summed E-state index contributed by atoms with van der Waals surface area (Å²) in [4.78, 5) is 21.6. The molecular formula is C24H31ClFN3O4S2. The van der Waals surface area contributed by atoms with Crippen LogP contribution in [-0.2, 0) is 14.6 Å². The summed E-state index contributed by atoms with van der Waals surface area (Å²) in [5.74, 6) is -0.460. The number of halogens is 2. The highest BCUT2D eigenvalue weighted by molar-refractivity contribution is 7.91. The molecule has 0 aliphatic rings. The van der Waals surface area contributed by atoms with Gasteiger partial charge in [-0.25, -0.2) is 17.8 Å². The fourth-order valence-corrected chi connectivity index (χ4v) is 5.76. The minimum absolute atomic E-state index is 0. The molecular weight excluding hydrogens is 513 g/mol. The number of likely N-dealkylation sites (N-methyl/N-ethyl adjacent to an activating group) is 1. The van der Waals surface area contributed by atoms with Gasteiger partial charge in [0, 0.05) is 19.5 Å². The number of aromatic nitrogens is 1. The lowest BCUT2D eigenvalue weighted by Gasteiger charge is -2.24. The van der Waals surface area contributed by atoms with Crippen LogP contribution in [-0.4, -0.2) is 62.7 Å². The Morgan fingerprint density at radius 3 is 2.37 bits per heavy atom. The molecule has 11 heteroatoms. The van der Waals surface area contributed by atoms with Crippen molar-refractivity contribution in [2.45, 2.75) is 32.1 Å². The first-order valence-electron chi connectivity index (χ1n) is 11.3. The molecule has 0 fully saturated rings. The Hall–Kier alpha value is -2.27. The van der Waals surface area contributed by atoms with Crippen LogP contribution >= 0.6 is 23.7 Å². The number of hydrogen-bond donors (Lipinski definition) is 0. The van der Waals surface area contributed by atoms with Gasteiger partial charge in [-0.2, -0.15) is 0 Å². The summed E-state index contributed by atoms with van der Waals surface area (Å²) in [7, 11) is -3.72. The summed E-state index contributed by atoms with van der Waals surface area (Å²) < 4.78 is 45.0. The fourth-order valence-electron chi connectivity index (χ4n) is 3.49. The number of thiazole rings is 1. The molecule has 0 atom stereocenters. The minimum atomic E-state index is -3.72. The highest BCUT2D eigenvalue weighted by Crippen LogP contribution is 2.32. The second-order valence-electron chi connectivity index (χ2n) is 7.65. The van der Waals surface area contributed by atoms with Crippen LogP contribution in [0.25, 0.3) is 10.2 Å². The number of amides is 1. The van der Waals surface area contributed by atoms with E-state index >= 15 is 0 Å². The SMILES string of the molecule is CCOc1ccc2nc(N(CCN(CC)CC)C(=O)CCS(=O)(=O)c3ccc(F)cc3)sc2c1.Cl. The maximum absolute atomic E-state index is 13.2. The summed E-state index contributed by atoms with van der Waals surface area (Å²) >= 11 is 1.38. The number of carbonyl (C=O) groups excluding carboxylic acids is 1. The van der Waals surface area contributed by atoms with Gasteiger partial charge in [0.2, 0.25) is 5.91 Å². The number of sulfone groups is 1. The van der Waals surface area contributed by atoms with Crippen LogP contribution in [0.15, 0.2) is 47.4 Å². The van der Waals surface area contributed by atoms with Crippen LogP contribution in [0, 0.1) is 5.82 Å². The summed E-state index contributed by atoms with van der Waals surface area (Å²) in [6.07, 6.45) is -0.196. The molecule has 0 saturated carbocycles. The number of anilines is 1. The summed E-state index contributed by atoms with van der Waals surface area (Å²) in [6, 6.07) is 10.2. The summed E-state index contributed by atoms with van der Waals surface area (Å²) in [5.41, 5.74) is 0.753. The smallest absolute Gasteiger partial charge is 0.229 e. The molecule has 2 aromatic carbocycles. The molecule has 192 valence electrons. The lowest BCUT2D eigenvalue weighted by molar-refractivity contribution is -0.118. The molecule has 3 aromatic rings. The number of fused-ring (bicyclic) bond motifs is 1. The van der Waals surface area contributed by atoms with Crippen molar-refractivity contribution in [1.29, 1.82) is 0 Å². The van der Waals surface area contributed by atoms with Gasteiger partial charge in [-0.3, -0.25) is 9.69 Å². The van der Waals surface area contributed by atoms with Gasteiger partial charge in [-0.05, 0) is 62.5 Å². The van der Waals surface area contributed by atoms with Gasteiger partial charge < -0.3 is 9.64 Å². The quantitative estimate of drug-likeness (QED) is 0.305. The van der Waals surface area contributed by atoms with Crippen molar-refractivity contribution in [2.24, 2.45) is 0 Å². The average molecular weight is 544 g/mol. The highest BCUT2D eigenvalue weighted by Gasteiger charge is 2.24. The monoisotopic (exact) mass is 543 g/mol. The van der Waals surface area contributed by atoms with E-state index in [0.717, 1.165) is 41.2 Å². The minimum Gasteiger partial charge on any atom is -0.494 e. The van der Waals surface area contributed by atoms with E-state index in [0.29, 0.717) is 24.8 Å². The van der Waals surface area contributed by atoms with Crippen molar-refractivity contribution < 1.29 is 22.3 Å². The Kier molecular flexibility index (Phi) is 10.9. The van der Waals surface area contributed by atoms with Crippen molar-refractivity contribution in [1.82, 2.24) is 9.88 Å². The van der Waals surface area contributed by atoms with Crippen LogP contribution in [0.5, 0.6) is 5.75 Å². The topological polar surface area (TPSA) is 79.8 Å². The lowest BCUT2D eigenvalue weighted by atomic mass is 10.3. The first kappa shape index (κ1) is 29.0. The number of carbonyl (C=O) groups is 1. The van der Waals surface area contributed by atoms with Gasteiger partial charge in [0.1, 0.15) is 11.6 Å². The molecule has 0 aliphatic heterocycles. The number of ether oxygens (including phenoxy) is 1. The van der Waals surface area contributed by atoms with E-state index in [9.17, 15) is 17.6 Å². The van der Waals surface area contributed by atoms with E-state index in [1.807, 2.05) is 25.1 Å². The third-order valence-corrected chi connectivity index (χ3v) is 8.26. The van der Waals surface area contributed by atoms with Crippen molar-refractivity contribution in [2.75, 3.05) is 43.4 Å².